The summed E-state index contributed by atoms with van der Waals surface area (Å²) in [4.78, 5) is 15.3. The number of fused-ring (bicyclic) bond motifs is 1. The lowest BCUT2D eigenvalue weighted by atomic mass is 10.2. The predicted octanol–water partition coefficient (Wildman–Crippen LogP) is 2.08. The van der Waals surface area contributed by atoms with Gasteiger partial charge in [-0.2, -0.15) is 0 Å². The number of para-hydroxylation sites is 1. The number of benzene rings is 1. The van der Waals surface area contributed by atoms with Gasteiger partial charge in [0.05, 0.1) is 29.6 Å². The maximum atomic E-state index is 11.1. The van der Waals surface area contributed by atoms with E-state index in [4.69, 9.17) is 9.63 Å². The summed E-state index contributed by atoms with van der Waals surface area (Å²) in [6, 6.07) is 6.92. The lowest BCUT2D eigenvalue weighted by Crippen LogP contribution is -1.99. The van der Waals surface area contributed by atoms with Crippen molar-refractivity contribution in [3.63, 3.8) is 0 Å². The Morgan fingerprint density at radius 2 is 2.32 bits per heavy atom. The topological polar surface area (TPSA) is 81.2 Å². The number of nitrogens with zero attached hydrogens (tertiary/aromatic N) is 3. The lowest BCUT2D eigenvalue weighted by Gasteiger charge is -2.01. The van der Waals surface area contributed by atoms with Crippen LogP contribution >= 0.6 is 0 Å². The zero-order valence-corrected chi connectivity index (χ0v) is 10.2. The molecule has 96 valence electrons. The van der Waals surface area contributed by atoms with Crippen LogP contribution in [0.25, 0.3) is 11.0 Å². The number of aryl methyl sites for hydroxylation is 1. The molecule has 0 atom stereocenters. The first-order chi connectivity index (χ1) is 9.15. The summed E-state index contributed by atoms with van der Waals surface area (Å²) in [5.74, 6) is -0.274. The molecule has 0 saturated heterocycles. The molecule has 6 heteroatoms. The number of rotatable bonds is 3. The second-order valence-corrected chi connectivity index (χ2v) is 4.29. The van der Waals surface area contributed by atoms with Gasteiger partial charge in [-0.25, -0.2) is 9.78 Å². The molecule has 0 aliphatic heterocycles. The highest BCUT2D eigenvalue weighted by Gasteiger charge is 2.13. The van der Waals surface area contributed by atoms with E-state index >= 15 is 0 Å². The van der Waals surface area contributed by atoms with Gasteiger partial charge in [0.15, 0.2) is 5.76 Å². The van der Waals surface area contributed by atoms with Gasteiger partial charge in [-0.1, -0.05) is 11.2 Å². The summed E-state index contributed by atoms with van der Waals surface area (Å²) < 4.78 is 6.98. The van der Waals surface area contributed by atoms with Gasteiger partial charge in [-0.05, 0) is 19.1 Å². The Morgan fingerprint density at radius 3 is 3.00 bits per heavy atom. The molecule has 2 heterocycles. The Balaban J connectivity index is 2.06. The number of carboxylic acid groups (broad SMARTS) is 1. The van der Waals surface area contributed by atoms with Gasteiger partial charge in [0.2, 0.25) is 0 Å². The summed E-state index contributed by atoms with van der Waals surface area (Å²) in [6.45, 7) is 2.32. The number of hydrogen-bond donors (Lipinski definition) is 1. The van der Waals surface area contributed by atoms with E-state index in [0.717, 1.165) is 11.2 Å². The average molecular weight is 257 g/mol. The first kappa shape index (κ1) is 11.5. The van der Waals surface area contributed by atoms with E-state index in [1.54, 1.807) is 18.5 Å². The Hall–Kier alpha value is -2.63. The molecule has 19 heavy (non-hydrogen) atoms. The maximum absolute atomic E-state index is 11.1. The van der Waals surface area contributed by atoms with Crippen molar-refractivity contribution in [3.8, 4) is 0 Å². The van der Waals surface area contributed by atoms with E-state index in [9.17, 15) is 4.79 Å². The highest BCUT2D eigenvalue weighted by atomic mass is 16.5. The Kier molecular flexibility index (Phi) is 2.56. The number of aromatic carboxylic acids is 1. The second-order valence-electron chi connectivity index (χ2n) is 4.29. The van der Waals surface area contributed by atoms with E-state index in [-0.39, 0.29) is 5.56 Å². The molecule has 0 aliphatic rings. The van der Waals surface area contributed by atoms with Crippen LogP contribution in [0.4, 0.5) is 0 Å². The van der Waals surface area contributed by atoms with Crippen LogP contribution in [0.2, 0.25) is 0 Å². The molecule has 0 aliphatic carbocycles. The fraction of sp³-hybridized carbons (Fsp3) is 0.154. The number of carboxylic acids is 1. The molecule has 0 amide bonds. The highest BCUT2D eigenvalue weighted by molar-refractivity contribution is 6.00. The fourth-order valence-corrected chi connectivity index (χ4v) is 2.05. The van der Waals surface area contributed by atoms with Gasteiger partial charge in [0, 0.05) is 6.07 Å². The van der Waals surface area contributed by atoms with Crippen LogP contribution in [0.1, 0.15) is 21.8 Å². The molecule has 3 rings (SSSR count). The molecular weight excluding hydrogens is 246 g/mol. The van der Waals surface area contributed by atoms with E-state index in [1.807, 2.05) is 23.6 Å². The van der Waals surface area contributed by atoms with Crippen LogP contribution in [-0.4, -0.2) is 25.8 Å². The van der Waals surface area contributed by atoms with Crippen LogP contribution in [-0.2, 0) is 6.54 Å². The standard InChI is InChI=1S/C13H11N3O3/c1-8-5-9(19-15-8)6-16-7-14-12-10(13(17)18)3-2-4-11(12)16/h2-5,7H,6H2,1H3,(H,17,18). The third kappa shape index (κ3) is 1.97. The minimum Gasteiger partial charge on any atom is -0.478 e. The van der Waals surface area contributed by atoms with Crippen LogP contribution in [0.3, 0.4) is 0 Å². The largest absolute Gasteiger partial charge is 0.478 e. The third-order valence-corrected chi connectivity index (χ3v) is 2.88. The minimum absolute atomic E-state index is 0.199. The molecular formula is C13H11N3O3. The zero-order chi connectivity index (χ0) is 13.4. The molecule has 0 saturated carbocycles. The summed E-state index contributed by atoms with van der Waals surface area (Å²) in [5, 5.41) is 12.9. The molecule has 0 bridgehead atoms. The Bertz CT molecular complexity index is 757. The summed E-state index contributed by atoms with van der Waals surface area (Å²) in [7, 11) is 0. The normalized spacial score (nSPS) is 11.0. The molecule has 6 nitrogen and oxygen atoms in total. The summed E-state index contributed by atoms with van der Waals surface area (Å²) in [6.07, 6.45) is 1.61. The zero-order valence-electron chi connectivity index (χ0n) is 10.2. The first-order valence-electron chi connectivity index (χ1n) is 5.74. The quantitative estimate of drug-likeness (QED) is 0.776. The van der Waals surface area contributed by atoms with Crippen molar-refractivity contribution in [2.24, 2.45) is 0 Å². The van der Waals surface area contributed by atoms with Gasteiger partial charge in [-0.3, -0.25) is 0 Å². The molecule has 0 fully saturated rings. The van der Waals surface area contributed by atoms with Crippen LogP contribution in [0.15, 0.2) is 35.1 Å². The van der Waals surface area contributed by atoms with Crippen molar-refractivity contribution in [1.82, 2.24) is 14.7 Å². The number of carbonyl (C=O) groups is 1. The average Bonchev–Trinajstić information content (AvgIpc) is 2.97. The van der Waals surface area contributed by atoms with E-state index in [2.05, 4.69) is 10.1 Å². The van der Waals surface area contributed by atoms with Gasteiger partial charge in [-0.15, -0.1) is 0 Å². The number of hydrogen-bond acceptors (Lipinski definition) is 4. The lowest BCUT2D eigenvalue weighted by molar-refractivity contribution is 0.0699. The molecule has 0 unspecified atom stereocenters. The second kappa shape index (κ2) is 4.24. The van der Waals surface area contributed by atoms with Crippen LogP contribution in [0.5, 0.6) is 0 Å². The van der Waals surface area contributed by atoms with Gasteiger partial charge in [0.25, 0.3) is 0 Å². The van der Waals surface area contributed by atoms with Crippen LogP contribution < -0.4 is 0 Å². The monoisotopic (exact) mass is 257 g/mol. The molecule has 3 aromatic rings. The predicted molar refractivity (Wildman–Crippen MR) is 67.0 cm³/mol. The Morgan fingerprint density at radius 1 is 1.47 bits per heavy atom. The number of aromatic nitrogens is 3. The van der Waals surface area contributed by atoms with E-state index in [1.165, 1.54) is 0 Å². The molecule has 1 aromatic carbocycles. The molecule has 1 N–H and O–H groups in total. The van der Waals surface area contributed by atoms with Crippen molar-refractivity contribution in [1.29, 1.82) is 0 Å². The van der Waals surface area contributed by atoms with Gasteiger partial charge < -0.3 is 14.2 Å². The summed E-state index contributed by atoms with van der Waals surface area (Å²) in [5.41, 5.74) is 2.25. The molecule has 0 spiro atoms. The Labute approximate surface area is 108 Å². The summed E-state index contributed by atoms with van der Waals surface area (Å²) >= 11 is 0. The van der Waals surface area contributed by atoms with Crippen molar-refractivity contribution < 1.29 is 14.4 Å². The van der Waals surface area contributed by atoms with Gasteiger partial charge in [0.1, 0.15) is 5.52 Å². The van der Waals surface area contributed by atoms with Crippen molar-refractivity contribution in [2.75, 3.05) is 0 Å². The van der Waals surface area contributed by atoms with Crippen molar-refractivity contribution in [3.05, 3.63) is 47.6 Å². The molecule has 2 aromatic heterocycles. The maximum Gasteiger partial charge on any atom is 0.337 e. The van der Waals surface area contributed by atoms with E-state index < -0.39 is 5.97 Å². The molecule has 0 radical (unpaired) electrons. The minimum atomic E-state index is -0.980. The van der Waals surface area contributed by atoms with Gasteiger partial charge >= 0.3 is 5.97 Å². The van der Waals surface area contributed by atoms with Crippen molar-refractivity contribution >= 4 is 17.0 Å². The van der Waals surface area contributed by atoms with E-state index in [0.29, 0.717) is 17.8 Å². The SMILES string of the molecule is Cc1cc(Cn2cnc3c(C(=O)O)cccc32)on1. The number of imidazole rings is 1. The third-order valence-electron chi connectivity index (χ3n) is 2.88. The fourth-order valence-electron chi connectivity index (χ4n) is 2.05. The smallest absolute Gasteiger partial charge is 0.337 e. The van der Waals surface area contributed by atoms with Crippen molar-refractivity contribution in [2.45, 2.75) is 13.5 Å². The van der Waals surface area contributed by atoms with Crippen LogP contribution in [0, 0.1) is 6.92 Å². The highest BCUT2D eigenvalue weighted by Crippen LogP contribution is 2.18. The first-order valence-corrected chi connectivity index (χ1v) is 5.74.